The van der Waals surface area contributed by atoms with Gasteiger partial charge in [-0.05, 0) is 46.1 Å². The lowest BCUT2D eigenvalue weighted by molar-refractivity contribution is -0.00657. The topological polar surface area (TPSA) is 62.7 Å². The van der Waals surface area contributed by atoms with E-state index in [0.717, 1.165) is 10.2 Å². The molecular weight excluding hydrogens is 355 g/mol. The Morgan fingerprint density at radius 2 is 2.27 bits per heavy atom. The minimum absolute atomic E-state index is 0.212. The molecule has 0 saturated carbocycles. The summed E-state index contributed by atoms with van der Waals surface area (Å²) in [7, 11) is 0. The van der Waals surface area contributed by atoms with Gasteiger partial charge >= 0.3 is 6.09 Å². The Bertz CT molecular complexity index is 773. The molecule has 1 aliphatic rings. The number of fused-ring (bicyclic) bond motifs is 1. The third-order valence-corrected chi connectivity index (χ3v) is 5.32. The molecule has 7 heteroatoms. The predicted molar refractivity (Wildman–Crippen MR) is 100 cm³/mol. The SMILES string of the molecule is CC(C)(C)OC(=O)N1CC[C@H](F)C[C@@H]1C[C@@H](O)c1cccc2scnc12. The summed E-state index contributed by atoms with van der Waals surface area (Å²) in [6.07, 6.45) is -1.47. The van der Waals surface area contributed by atoms with Gasteiger partial charge in [-0.3, -0.25) is 0 Å². The van der Waals surface area contributed by atoms with Crippen molar-refractivity contribution in [3.8, 4) is 0 Å². The zero-order valence-electron chi connectivity index (χ0n) is 15.3. The average Bonchev–Trinajstić information content (AvgIpc) is 3.01. The summed E-state index contributed by atoms with van der Waals surface area (Å²) in [5.74, 6) is 0. The molecule has 1 amide bonds. The Hall–Kier alpha value is -1.73. The summed E-state index contributed by atoms with van der Waals surface area (Å²) < 4.78 is 20.5. The van der Waals surface area contributed by atoms with Crippen LogP contribution in [0.2, 0.25) is 0 Å². The second-order valence-electron chi connectivity index (χ2n) is 7.75. The lowest BCUT2D eigenvalue weighted by Crippen LogP contribution is -2.49. The van der Waals surface area contributed by atoms with Crippen LogP contribution < -0.4 is 0 Å². The number of aliphatic hydroxyl groups is 1. The highest BCUT2D eigenvalue weighted by atomic mass is 32.1. The smallest absolute Gasteiger partial charge is 0.410 e. The van der Waals surface area contributed by atoms with Gasteiger partial charge in [-0.25, -0.2) is 14.2 Å². The number of carbonyl (C=O) groups excluding carboxylic acids is 1. The lowest BCUT2D eigenvalue weighted by atomic mass is 9.93. The van der Waals surface area contributed by atoms with Crippen LogP contribution in [0.5, 0.6) is 0 Å². The molecule has 1 N–H and O–H groups in total. The van der Waals surface area contributed by atoms with Gasteiger partial charge in [-0.15, -0.1) is 11.3 Å². The Morgan fingerprint density at radius 1 is 1.50 bits per heavy atom. The lowest BCUT2D eigenvalue weighted by Gasteiger charge is -2.38. The van der Waals surface area contributed by atoms with Crippen molar-refractivity contribution in [2.45, 2.75) is 64.0 Å². The number of thiazole rings is 1. The highest BCUT2D eigenvalue weighted by molar-refractivity contribution is 7.16. The van der Waals surface area contributed by atoms with Gasteiger partial charge in [0.2, 0.25) is 0 Å². The van der Waals surface area contributed by atoms with Gasteiger partial charge in [0.15, 0.2) is 0 Å². The van der Waals surface area contributed by atoms with Gasteiger partial charge in [0.25, 0.3) is 0 Å². The summed E-state index contributed by atoms with van der Waals surface area (Å²) in [5, 5.41) is 10.8. The van der Waals surface area contributed by atoms with Crippen LogP contribution in [0.1, 0.15) is 51.7 Å². The van der Waals surface area contributed by atoms with E-state index in [0.29, 0.717) is 18.5 Å². The van der Waals surface area contributed by atoms with Crippen LogP contribution >= 0.6 is 11.3 Å². The first-order valence-corrected chi connectivity index (χ1v) is 9.76. The standard InChI is InChI=1S/C19H25FN2O3S/c1-19(2,3)25-18(24)22-8-7-12(20)9-13(22)10-15(23)14-5-4-6-16-17(14)21-11-26-16/h4-6,11-13,15,23H,7-10H2,1-3H3/t12-,13+,15+/m0/s1. The van der Waals surface area contributed by atoms with Gasteiger partial charge in [0.05, 0.1) is 21.8 Å². The summed E-state index contributed by atoms with van der Waals surface area (Å²) in [6, 6.07) is 5.26. The highest BCUT2D eigenvalue weighted by Gasteiger charge is 2.35. The maximum Gasteiger partial charge on any atom is 0.410 e. The molecule has 0 aliphatic carbocycles. The molecule has 26 heavy (non-hydrogen) atoms. The molecule has 142 valence electrons. The molecule has 1 saturated heterocycles. The van der Waals surface area contributed by atoms with E-state index in [4.69, 9.17) is 4.74 Å². The van der Waals surface area contributed by atoms with Gasteiger partial charge < -0.3 is 14.7 Å². The largest absolute Gasteiger partial charge is 0.444 e. The summed E-state index contributed by atoms with van der Waals surface area (Å²) in [6.45, 7) is 5.72. The van der Waals surface area contributed by atoms with Crippen LogP contribution in [0, 0.1) is 0 Å². The molecule has 3 atom stereocenters. The van der Waals surface area contributed by atoms with Crippen LogP contribution in [0.15, 0.2) is 23.7 Å². The minimum atomic E-state index is -0.971. The molecular formula is C19H25FN2O3S. The fourth-order valence-corrected chi connectivity index (χ4v) is 4.06. The van der Waals surface area contributed by atoms with E-state index in [9.17, 15) is 14.3 Å². The van der Waals surface area contributed by atoms with E-state index in [1.807, 2.05) is 18.2 Å². The van der Waals surface area contributed by atoms with E-state index >= 15 is 0 Å². The maximum atomic E-state index is 14.0. The first kappa shape index (κ1) is 19.0. The number of rotatable bonds is 3. The summed E-state index contributed by atoms with van der Waals surface area (Å²) >= 11 is 1.51. The van der Waals surface area contributed by atoms with Crippen molar-refractivity contribution in [1.29, 1.82) is 0 Å². The molecule has 2 aromatic rings. The number of likely N-dealkylation sites (tertiary alicyclic amines) is 1. The van der Waals surface area contributed by atoms with E-state index in [1.54, 1.807) is 31.2 Å². The normalized spacial score (nSPS) is 22.4. The van der Waals surface area contributed by atoms with Crippen molar-refractivity contribution in [3.63, 3.8) is 0 Å². The van der Waals surface area contributed by atoms with Crippen LogP contribution in [-0.2, 0) is 4.74 Å². The Labute approximate surface area is 156 Å². The first-order valence-electron chi connectivity index (χ1n) is 8.88. The van der Waals surface area contributed by atoms with Gasteiger partial charge in [-0.1, -0.05) is 12.1 Å². The third-order valence-electron chi connectivity index (χ3n) is 4.53. The summed E-state index contributed by atoms with van der Waals surface area (Å²) in [4.78, 5) is 18.4. The number of hydrogen-bond acceptors (Lipinski definition) is 5. The summed E-state index contributed by atoms with van der Waals surface area (Å²) in [5.41, 5.74) is 2.61. The number of halogens is 1. The van der Waals surface area contributed by atoms with Crippen molar-refractivity contribution in [1.82, 2.24) is 9.88 Å². The number of alkyl halides is 1. The molecule has 1 fully saturated rings. The molecule has 1 aliphatic heterocycles. The molecule has 1 aromatic carbocycles. The minimum Gasteiger partial charge on any atom is -0.444 e. The average molecular weight is 380 g/mol. The number of piperidine rings is 1. The zero-order chi connectivity index (χ0) is 18.9. The molecule has 2 heterocycles. The molecule has 0 unspecified atom stereocenters. The Morgan fingerprint density at radius 3 is 3.00 bits per heavy atom. The Kier molecular flexibility index (Phi) is 5.48. The number of ether oxygens (including phenoxy) is 1. The fourth-order valence-electron chi connectivity index (χ4n) is 3.35. The van der Waals surface area contributed by atoms with Crippen LogP contribution in [0.4, 0.5) is 9.18 Å². The van der Waals surface area contributed by atoms with E-state index < -0.39 is 30.0 Å². The van der Waals surface area contributed by atoms with Gasteiger partial charge in [0.1, 0.15) is 11.8 Å². The zero-order valence-corrected chi connectivity index (χ0v) is 16.1. The van der Waals surface area contributed by atoms with Crippen LogP contribution in [-0.4, -0.2) is 45.4 Å². The Balaban J connectivity index is 1.78. The number of hydrogen-bond donors (Lipinski definition) is 1. The number of carbonyl (C=O) groups is 1. The van der Waals surface area contributed by atoms with Crippen molar-refractivity contribution in [3.05, 3.63) is 29.3 Å². The van der Waals surface area contributed by atoms with Crippen molar-refractivity contribution in [2.75, 3.05) is 6.54 Å². The molecule has 1 aromatic heterocycles. The second-order valence-corrected chi connectivity index (χ2v) is 8.63. The number of aliphatic hydroxyl groups excluding tert-OH is 1. The fraction of sp³-hybridized carbons (Fsp3) is 0.579. The van der Waals surface area contributed by atoms with Crippen molar-refractivity contribution >= 4 is 27.6 Å². The van der Waals surface area contributed by atoms with Crippen LogP contribution in [0.25, 0.3) is 10.2 Å². The highest BCUT2D eigenvalue weighted by Crippen LogP contribution is 2.32. The first-order chi connectivity index (χ1) is 12.2. The number of aromatic nitrogens is 1. The van der Waals surface area contributed by atoms with E-state index in [1.165, 1.54) is 11.3 Å². The quantitative estimate of drug-likeness (QED) is 0.854. The molecule has 0 radical (unpaired) electrons. The molecule has 5 nitrogen and oxygen atoms in total. The number of amides is 1. The van der Waals surface area contributed by atoms with Gasteiger partial charge in [0, 0.05) is 18.2 Å². The van der Waals surface area contributed by atoms with E-state index in [-0.39, 0.29) is 12.8 Å². The van der Waals surface area contributed by atoms with Gasteiger partial charge in [-0.2, -0.15) is 0 Å². The van der Waals surface area contributed by atoms with Crippen molar-refractivity contribution in [2.24, 2.45) is 0 Å². The van der Waals surface area contributed by atoms with Crippen molar-refractivity contribution < 1.29 is 19.0 Å². The van der Waals surface area contributed by atoms with E-state index in [2.05, 4.69) is 4.98 Å². The predicted octanol–water partition coefficient (Wildman–Crippen LogP) is 4.46. The second kappa shape index (κ2) is 7.48. The third kappa shape index (κ3) is 4.32. The number of para-hydroxylation sites is 1. The monoisotopic (exact) mass is 380 g/mol. The molecule has 0 spiro atoms. The van der Waals surface area contributed by atoms with Crippen LogP contribution in [0.3, 0.4) is 0 Å². The molecule has 0 bridgehead atoms. The number of benzene rings is 1. The molecule has 3 rings (SSSR count). The number of nitrogens with zero attached hydrogens (tertiary/aromatic N) is 2. The maximum absolute atomic E-state index is 14.0.